The molecule has 0 aliphatic carbocycles. The van der Waals surface area contributed by atoms with E-state index in [0.717, 1.165) is 22.4 Å². The number of halogens is 1. The van der Waals surface area contributed by atoms with Crippen molar-refractivity contribution in [1.82, 2.24) is 0 Å². The van der Waals surface area contributed by atoms with Crippen LogP contribution in [0.4, 0.5) is 5.69 Å². The van der Waals surface area contributed by atoms with Gasteiger partial charge < -0.3 is 5.32 Å². The molecule has 0 aliphatic rings. The molecule has 0 saturated carbocycles. The van der Waals surface area contributed by atoms with Crippen LogP contribution >= 0.6 is 11.6 Å². The van der Waals surface area contributed by atoms with E-state index in [4.69, 9.17) is 11.6 Å². The first-order valence-electron chi connectivity index (χ1n) is 7.82. The summed E-state index contributed by atoms with van der Waals surface area (Å²) in [7, 11) is 0. The molecule has 2 nitrogen and oxygen atoms in total. The van der Waals surface area contributed by atoms with E-state index >= 15 is 0 Å². The first-order chi connectivity index (χ1) is 11.6. The summed E-state index contributed by atoms with van der Waals surface area (Å²) >= 11 is 6.00. The van der Waals surface area contributed by atoms with Gasteiger partial charge in [0.05, 0.1) is 5.92 Å². The fourth-order valence-electron chi connectivity index (χ4n) is 2.76. The van der Waals surface area contributed by atoms with Crippen molar-refractivity contribution >= 4 is 23.2 Å². The van der Waals surface area contributed by atoms with Gasteiger partial charge in [0.1, 0.15) is 0 Å². The molecule has 3 rings (SSSR count). The van der Waals surface area contributed by atoms with E-state index in [2.05, 4.69) is 5.32 Å². The van der Waals surface area contributed by atoms with Gasteiger partial charge in [0, 0.05) is 10.7 Å². The van der Waals surface area contributed by atoms with E-state index in [0.29, 0.717) is 5.02 Å². The van der Waals surface area contributed by atoms with Crippen LogP contribution in [0.3, 0.4) is 0 Å². The van der Waals surface area contributed by atoms with Crippen LogP contribution < -0.4 is 5.32 Å². The molecule has 24 heavy (non-hydrogen) atoms. The Hall–Kier alpha value is -2.58. The van der Waals surface area contributed by atoms with Gasteiger partial charge in [-0.05, 0) is 41.8 Å². The highest BCUT2D eigenvalue weighted by atomic mass is 35.5. The lowest BCUT2D eigenvalue weighted by Gasteiger charge is -2.19. The Morgan fingerprint density at radius 1 is 0.875 bits per heavy atom. The highest BCUT2D eigenvalue weighted by molar-refractivity contribution is 6.30. The van der Waals surface area contributed by atoms with E-state index in [-0.39, 0.29) is 11.8 Å². The highest BCUT2D eigenvalue weighted by Gasteiger charge is 2.22. The van der Waals surface area contributed by atoms with Gasteiger partial charge in [-0.2, -0.15) is 0 Å². The fraction of sp³-hybridized carbons (Fsp3) is 0.0952. The summed E-state index contributed by atoms with van der Waals surface area (Å²) in [5.74, 6) is -0.416. The molecule has 3 aromatic rings. The Morgan fingerprint density at radius 2 is 1.42 bits per heavy atom. The zero-order chi connectivity index (χ0) is 16.9. The van der Waals surface area contributed by atoms with Crippen LogP contribution in [-0.2, 0) is 4.79 Å². The normalized spacial score (nSPS) is 10.6. The monoisotopic (exact) mass is 335 g/mol. The fourth-order valence-corrected chi connectivity index (χ4v) is 2.99. The third-order valence-corrected chi connectivity index (χ3v) is 4.21. The van der Waals surface area contributed by atoms with Crippen molar-refractivity contribution in [1.29, 1.82) is 0 Å². The van der Waals surface area contributed by atoms with Gasteiger partial charge in [-0.3, -0.25) is 4.79 Å². The predicted molar refractivity (Wildman–Crippen MR) is 99.5 cm³/mol. The molecule has 0 fully saturated rings. The van der Waals surface area contributed by atoms with Gasteiger partial charge in [-0.1, -0.05) is 72.3 Å². The van der Waals surface area contributed by atoms with Gasteiger partial charge in [0.15, 0.2) is 0 Å². The van der Waals surface area contributed by atoms with Gasteiger partial charge in [0.25, 0.3) is 0 Å². The molecule has 120 valence electrons. The van der Waals surface area contributed by atoms with Gasteiger partial charge in [-0.25, -0.2) is 0 Å². The maximum absolute atomic E-state index is 13.0. The molecule has 0 spiro atoms. The number of nitrogens with one attached hydrogen (secondary N) is 1. The Balaban J connectivity index is 1.95. The number of benzene rings is 3. The van der Waals surface area contributed by atoms with Crippen molar-refractivity contribution < 1.29 is 4.79 Å². The van der Waals surface area contributed by atoms with E-state index in [1.807, 2.05) is 79.7 Å². The minimum atomic E-state index is -0.359. The Labute approximate surface area is 147 Å². The number of hydrogen-bond donors (Lipinski definition) is 1. The predicted octanol–water partition coefficient (Wildman–Crippen LogP) is 5.42. The highest BCUT2D eigenvalue weighted by Crippen LogP contribution is 2.27. The maximum atomic E-state index is 13.0. The minimum absolute atomic E-state index is 0.0576. The number of hydrogen-bond acceptors (Lipinski definition) is 1. The third kappa shape index (κ3) is 3.66. The first kappa shape index (κ1) is 16.3. The molecule has 0 bridgehead atoms. The average Bonchev–Trinajstić information content (AvgIpc) is 2.60. The van der Waals surface area contributed by atoms with Crippen LogP contribution in [0.1, 0.15) is 22.6 Å². The molecule has 0 unspecified atom stereocenters. The molecule has 0 radical (unpaired) electrons. The summed E-state index contributed by atoms with van der Waals surface area (Å²) in [5, 5.41) is 3.70. The number of anilines is 1. The number of aryl methyl sites for hydroxylation is 1. The SMILES string of the molecule is Cc1cc(Cl)ccc1NC(=O)C(c1ccccc1)c1ccccc1. The molecule has 3 aromatic carbocycles. The van der Waals surface area contributed by atoms with Crippen LogP contribution in [0.5, 0.6) is 0 Å². The number of rotatable bonds is 4. The number of carbonyl (C=O) groups is 1. The Kier molecular flexibility index (Phi) is 4.97. The van der Waals surface area contributed by atoms with Crippen LogP contribution in [-0.4, -0.2) is 5.91 Å². The van der Waals surface area contributed by atoms with E-state index < -0.39 is 0 Å². The van der Waals surface area contributed by atoms with Crippen molar-refractivity contribution in [2.75, 3.05) is 5.32 Å². The van der Waals surface area contributed by atoms with Crippen molar-refractivity contribution in [2.24, 2.45) is 0 Å². The molecule has 0 saturated heterocycles. The summed E-state index contributed by atoms with van der Waals surface area (Å²) in [6, 6.07) is 25.1. The standard InChI is InChI=1S/C21H18ClNO/c1-15-14-18(22)12-13-19(15)23-21(24)20(16-8-4-2-5-9-16)17-10-6-3-7-11-17/h2-14,20H,1H3,(H,23,24). The Morgan fingerprint density at radius 3 is 1.92 bits per heavy atom. The molecular formula is C21H18ClNO. The summed E-state index contributed by atoms with van der Waals surface area (Å²) in [6.07, 6.45) is 0. The molecule has 0 aromatic heterocycles. The lowest BCUT2D eigenvalue weighted by atomic mass is 9.90. The molecule has 1 amide bonds. The number of carbonyl (C=O) groups excluding carboxylic acids is 1. The topological polar surface area (TPSA) is 29.1 Å². The van der Waals surface area contributed by atoms with Crippen molar-refractivity contribution in [2.45, 2.75) is 12.8 Å². The lowest BCUT2D eigenvalue weighted by molar-refractivity contribution is -0.116. The second-order valence-electron chi connectivity index (χ2n) is 5.70. The van der Waals surface area contributed by atoms with E-state index in [1.165, 1.54) is 0 Å². The summed E-state index contributed by atoms with van der Waals surface area (Å²) in [6.45, 7) is 1.93. The summed E-state index contributed by atoms with van der Waals surface area (Å²) in [4.78, 5) is 13.0. The summed E-state index contributed by atoms with van der Waals surface area (Å²) < 4.78 is 0. The van der Waals surface area contributed by atoms with Gasteiger partial charge in [-0.15, -0.1) is 0 Å². The molecule has 0 heterocycles. The largest absolute Gasteiger partial charge is 0.325 e. The molecule has 1 N–H and O–H groups in total. The average molecular weight is 336 g/mol. The van der Waals surface area contributed by atoms with Crippen molar-refractivity contribution in [3.8, 4) is 0 Å². The maximum Gasteiger partial charge on any atom is 0.236 e. The quantitative estimate of drug-likeness (QED) is 0.677. The van der Waals surface area contributed by atoms with Crippen LogP contribution in [0.15, 0.2) is 78.9 Å². The minimum Gasteiger partial charge on any atom is -0.325 e. The number of amides is 1. The molecular weight excluding hydrogens is 318 g/mol. The Bertz CT molecular complexity index is 791. The van der Waals surface area contributed by atoms with Crippen LogP contribution in [0.2, 0.25) is 5.02 Å². The van der Waals surface area contributed by atoms with Crippen molar-refractivity contribution in [3.63, 3.8) is 0 Å². The van der Waals surface area contributed by atoms with Gasteiger partial charge >= 0.3 is 0 Å². The van der Waals surface area contributed by atoms with Crippen LogP contribution in [0, 0.1) is 6.92 Å². The van der Waals surface area contributed by atoms with Crippen molar-refractivity contribution in [3.05, 3.63) is 101 Å². The molecule has 0 aliphatic heterocycles. The van der Waals surface area contributed by atoms with Gasteiger partial charge in [0.2, 0.25) is 5.91 Å². The zero-order valence-electron chi connectivity index (χ0n) is 13.4. The van der Waals surface area contributed by atoms with E-state index in [9.17, 15) is 4.79 Å². The zero-order valence-corrected chi connectivity index (χ0v) is 14.1. The first-order valence-corrected chi connectivity index (χ1v) is 8.20. The second-order valence-corrected chi connectivity index (χ2v) is 6.14. The third-order valence-electron chi connectivity index (χ3n) is 3.97. The lowest BCUT2D eigenvalue weighted by Crippen LogP contribution is -2.22. The summed E-state index contributed by atoms with van der Waals surface area (Å²) in [5.41, 5.74) is 3.65. The smallest absolute Gasteiger partial charge is 0.236 e. The van der Waals surface area contributed by atoms with Crippen LogP contribution in [0.25, 0.3) is 0 Å². The van der Waals surface area contributed by atoms with E-state index in [1.54, 1.807) is 6.07 Å². The second kappa shape index (κ2) is 7.33. The molecule has 3 heteroatoms. The molecule has 0 atom stereocenters.